The highest BCUT2D eigenvalue weighted by Crippen LogP contribution is 2.40. The van der Waals surface area contributed by atoms with Gasteiger partial charge in [0.05, 0.1) is 17.3 Å². The molecule has 27 heavy (non-hydrogen) atoms. The van der Waals surface area contributed by atoms with E-state index in [0.717, 1.165) is 22.4 Å². The van der Waals surface area contributed by atoms with Gasteiger partial charge in [-0.3, -0.25) is 9.59 Å². The number of carbonyl (C=O) groups is 2. The quantitative estimate of drug-likeness (QED) is 0.765. The van der Waals surface area contributed by atoms with Crippen molar-refractivity contribution >= 4 is 29.1 Å². The van der Waals surface area contributed by atoms with Crippen molar-refractivity contribution in [3.05, 3.63) is 58.1 Å². The maximum Gasteiger partial charge on any atom is 0.254 e. The Balaban J connectivity index is 1.74. The van der Waals surface area contributed by atoms with Gasteiger partial charge in [0.15, 0.2) is 0 Å². The average molecular weight is 387 g/mol. The number of hydrogen-bond acceptors (Lipinski definition) is 3. The molecule has 1 N–H and O–H groups in total. The number of nitrogens with zero attached hydrogens (tertiary/aromatic N) is 1. The summed E-state index contributed by atoms with van der Waals surface area (Å²) in [6.45, 7) is 6.33. The van der Waals surface area contributed by atoms with Gasteiger partial charge in [-0.15, -0.1) is 0 Å². The molecule has 1 aliphatic rings. The van der Waals surface area contributed by atoms with E-state index in [1.165, 1.54) is 6.92 Å². The number of halogens is 1. The van der Waals surface area contributed by atoms with Gasteiger partial charge in [-0.2, -0.15) is 0 Å². The number of nitrogens with one attached hydrogen (secondary N) is 1. The molecule has 0 fully saturated rings. The van der Waals surface area contributed by atoms with E-state index < -0.39 is 6.04 Å². The number of carbonyl (C=O) groups excluding carboxylic acids is 2. The van der Waals surface area contributed by atoms with E-state index in [1.54, 1.807) is 11.0 Å². The molecule has 2 aromatic rings. The smallest absolute Gasteiger partial charge is 0.254 e. The first-order valence-corrected chi connectivity index (χ1v) is 9.34. The van der Waals surface area contributed by atoms with Gasteiger partial charge in [-0.25, -0.2) is 0 Å². The van der Waals surface area contributed by atoms with Crippen LogP contribution in [-0.2, 0) is 9.59 Å². The summed E-state index contributed by atoms with van der Waals surface area (Å²) in [5.41, 5.74) is 3.81. The van der Waals surface area contributed by atoms with E-state index in [9.17, 15) is 9.59 Å². The Morgan fingerprint density at radius 2 is 1.89 bits per heavy atom. The molecule has 2 aromatic carbocycles. The van der Waals surface area contributed by atoms with Crippen LogP contribution in [0.15, 0.2) is 36.4 Å². The number of amides is 2. The summed E-state index contributed by atoms with van der Waals surface area (Å²) in [5, 5.41) is 3.36. The minimum Gasteiger partial charge on any atom is -0.492 e. The van der Waals surface area contributed by atoms with Crippen molar-refractivity contribution in [2.75, 3.05) is 18.1 Å². The van der Waals surface area contributed by atoms with E-state index in [4.69, 9.17) is 16.3 Å². The highest BCUT2D eigenvalue weighted by atomic mass is 35.5. The maximum atomic E-state index is 13.0. The summed E-state index contributed by atoms with van der Waals surface area (Å²) in [6.07, 6.45) is 0.649. The minimum atomic E-state index is -0.623. The highest BCUT2D eigenvalue weighted by molar-refractivity contribution is 6.32. The average Bonchev–Trinajstić information content (AvgIpc) is 2.90. The number of fused-ring (bicyclic) bond motifs is 1. The fourth-order valence-electron chi connectivity index (χ4n) is 3.46. The maximum absolute atomic E-state index is 13.0. The molecule has 5 nitrogen and oxygen atoms in total. The number of aryl methyl sites for hydroxylation is 2. The predicted molar refractivity (Wildman–Crippen MR) is 106 cm³/mol. The molecule has 1 heterocycles. The molecule has 0 aliphatic carbocycles. The van der Waals surface area contributed by atoms with Crippen LogP contribution in [0.3, 0.4) is 0 Å². The summed E-state index contributed by atoms with van der Waals surface area (Å²) >= 11 is 6.10. The van der Waals surface area contributed by atoms with Crippen molar-refractivity contribution in [1.82, 2.24) is 5.32 Å². The van der Waals surface area contributed by atoms with E-state index in [-0.39, 0.29) is 11.8 Å². The van der Waals surface area contributed by atoms with Crippen LogP contribution in [0.4, 0.5) is 5.69 Å². The second kappa shape index (κ2) is 8.01. The molecule has 1 aliphatic heterocycles. The third-order valence-electron chi connectivity index (χ3n) is 4.68. The van der Waals surface area contributed by atoms with Crippen LogP contribution in [-0.4, -0.2) is 25.0 Å². The molecule has 0 unspecified atom stereocenters. The van der Waals surface area contributed by atoms with Gasteiger partial charge >= 0.3 is 0 Å². The zero-order valence-corrected chi connectivity index (χ0v) is 16.5. The van der Waals surface area contributed by atoms with Crippen molar-refractivity contribution in [3.63, 3.8) is 0 Å². The molecule has 142 valence electrons. The Bertz CT molecular complexity index is 882. The molecule has 0 radical (unpaired) electrons. The Hall–Kier alpha value is -2.53. The predicted octanol–water partition coefficient (Wildman–Crippen LogP) is 3.95. The van der Waals surface area contributed by atoms with Gasteiger partial charge in [0, 0.05) is 19.0 Å². The lowest BCUT2D eigenvalue weighted by atomic mass is 9.99. The van der Waals surface area contributed by atoms with E-state index >= 15 is 0 Å². The SMILES string of the molecule is CC(=O)N[C@H]1C(=O)N(CCCOc2ccccc2Cl)c2c(C)ccc(C)c21. The fraction of sp³-hybridized carbons (Fsp3) is 0.333. The van der Waals surface area contributed by atoms with Crippen molar-refractivity contribution in [3.8, 4) is 5.75 Å². The number of anilines is 1. The van der Waals surface area contributed by atoms with Crippen LogP contribution < -0.4 is 15.0 Å². The summed E-state index contributed by atoms with van der Waals surface area (Å²) in [6, 6.07) is 10.7. The molecule has 0 saturated carbocycles. The van der Waals surface area contributed by atoms with Crippen molar-refractivity contribution in [2.24, 2.45) is 0 Å². The number of rotatable bonds is 6. The molecule has 2 amide bonds. The fourth-order valence-corrected chi connectivity index (χ4v) is 3.65. The summed E-state index contributed by atoms with van der Waals surface area (Å²) in [5.74, 6) is 0.315. The van der Waals surface area contributed by atoms with Gasteiger partial charge in [0.1, 0.15) is 11.8 Å². The second-order valence-corrected chi connectivity index (χ2v) is 7.12. The molecular formula is C21H23ClN2O3. The standard InChI is InChI=1S/C21H23ClN2O3/c1-13-9-10-14(2)20-18(13)19(23-15(3)25)21(26)24(20)11-6-12-27-17-8-5-4-7-16(17)22/h4-5,7-10,19H,6,11-12H2,1-3H3,(H,23,25)/t19-/m1/s1. The first kappa shape index (κ1) is 19.2. The second-order valence-electron chi connectivity index (χ2n) is 6.72. The van der Waals surface area contributed by atoms with Gasteiger partial charge < -0.3 is 15.0 Å². The monoisotopic (exact) mass is 386 g/mol. The minimum absolute atomic E-state index is 0.102. The number of hydrogen-bond donors (Lipinski definition) is 1. The van der Waals surface area contributed by atoms with Crippen LogP contribution in [0.1, 0.15) is 36.1 Å². The van der Waals surface area contributed by atoms with Crippen LogP contribution in [0.2, 0.25) is 5.02 Å². The molecule has 6 heteroatoms. The molecule has 3 rings (SSSR count). The van der Waals surface area contributed by atoms with Gasteiger partial charge in [-0.1, -0.05) is 35.9 Å². The van der Waals surface area contributed by atoms with Crippen LogP contribution in [0, 0.1) is 13.8 Å². The van der Waals surface area contributed by atoms with Gasteiger partial charge in [0.25, 0.3) is 5.91 Å². The first-order chi connectivity index (χ1) is 12.9. The third-order valence-corrected chi connectivity index (χ3v) is 4.99. The lowest BCUT2D eigenvalue weighted by molar-refractivity contribution is -0.126. The van der Waals surface area contributed by atoms with E-state index in [2.05, 4.69) is 5.32 Å². The topological polar surface area (TPSA) is 58.6 Å². The van der Waals surface area contributed by atoms with Crippen LogP contribution in [0.5, 0.6) is 5.75 Å². The Labute approximate surface area is 164 Å². The molecule has 0 bridgehead atoms. The van der Waals surface area contributed by atoms with Crippen LogP contribution in [0.25, 0.3) is 0 Å². The van der Waals surface area contributed by atoms with Gasteiger partial charge in [0.2, 0.25) is 5.91 Å². The van der Waals surface area contributed by atoms with E-state index in [0.29, 0.717) is 30.3 Å². The molecule has 0 spiro atoms. The molecule has 0 saturated heterocycles. The summed E-state index contributed by atoms with van der Waals surface area (Å²) in [4.78, 5) is 26.3. The molecule has 1 atom stereocenters. The number of ether oxygens (including phenoxy) is 1. The highest BCUT2D eigenvalue weighted by Gasteiger charge is 2.39. The lowest BCUT2D eigenvalue weighted by Crippen LogP contribution is -2.37. The Morgan fingerprint density at radius 3 is 2.59 bits per heavy atom. The summed E-state index contributed by atoms with van der Waals surface area (Å²) < 4.78 is 5.73. The lowest BCUT2D eigenvalue weighted by Gasteiger charge is -2.20. The molecular weight excluding hydrogens is 364 g/mol. The third kappa shape index (κ3) is 3.93. The number of benzene rings is 2. The molecule has 0 aromatic heterocycles. The van der Waals surface area contributed by atoms with Crippen molar-refractivity contribution < 1.29 is 14.3 Å². The van der Waals surface area contributed by atoms with Gasteiger partial charge in [-0.05, 0) is 43.5 Å². The zero-order chi connectivity index (χ0) is 19.6. The largest absolute Gasteiger partial charge is 0.492 e. The zero-order valence-electron chi connectivity index (χ0n) is 15.7. The Morgan fingerprint density at radius 1 is 1.19 bits per heavy atom. The number of para-hydroxylation sites is 1. The van der Waals surface area contributed by atoms with Crippen molar-refractivity contribution in [2.45, 2.75) is 33.2 Å². The summed E-state index contributed by atoms with van der Waals surface area (Å²) in [7, 11) is 0. The normalized spacial score (nSPS) is 15.6. The van der Waals surface area contributed by atoms with Crippen LogP contribution >= 0.6 is 11.6 Å². The van der Waals surface area contributed by atoms with Crippen molar-refractivity contribution in [1.29, 1.82) is 0 Å². The Kier molecular flexibility index (Phi) is 5.71. The van der Waals surface area contributed by atoms with E-state index in [1.807, 2.05) is 44.2 Å². The first-order valence-electron chi connectivity index (χ1n) is 8.96.